The fraction of sp³-hybridized carbons (Fsp3) is 0.200. The molecule has 0 aliphatic heterocycles. The van der Waals surface area contributed by atoms with Crippen LogP contribution in [0.5, 0.6) is 5.75 Å². The number of alkyl halides is 3. The van der Waals surface area contributed by atoms with E-state index in [0.29, 0.717) is 0 Å². The lowest BCUT2D eigenvalue weighted by molar-refractivity contribution is -0.138. The predicted molar refractivity (Wildman–Crippen MR) is 72.4 cm³/mol. The van der Waals surface area contributed by atoms with Gasteiger partial charge in [-0.1, -0.05) is 29.7 Å². The number of benzene rings is 2. The molecule has 0 unspecified atom stereocenters. The van der Waals surface area contributed by atoms with Crippen molar-refractivity contribution >= 4 is 13.3 Å². The van der Waals surface area contributed by atoms with Gasteiger partial charge in [0.1, 0.15) is 19.4 Å². The molecule has 2 aromatic carbocycles. The lowest BCUT2D eigenvalue weighted by Crippen LogP contribution is -2.12. The third-order valence-electron chi connectivity index (χ3n) is 2.93. The van der Waals surface area contributed by atoms with E-state index in [2.05, 4.69) is 0 Å². The number of hydrogen-bond donors (Lipinski definition) is 0. The molecule has 0 aliphatic rings. The third-order valence-corrected chi connectivity index (χ3v) is 2.93. The molecule has 1 nitrogen and oxygen atoms in total. The van der Waals surface area contributed by atoms with Crippen molar-refractivity contribution in [2.75, 3.05) is 6.61 Å². The summed E-state index contributed by atoms with van der Waals surface area (Å²) in [6.07, 6.45) is -4.33. The van der Waals surface area contributed by atoms with Crippen LogP contribution in [-0.2, 0) is 12.6 Å². The largest absolute Gasteiger partial charge is 0.493 e. The molecule has 2 aromatic rings. The number of hydrogen-bond acceptors (Lipinski definition) is 1. The quantitative estimate of drug-likeness (QED) is 0.621. The molecular weight excluding hydrogens is 283 g/mol. The number of halogens is 4. The average molecular weight is 294 g/mol. The minimum Gasteiger partial charge on any atom is -0.493 e. The van der Waals surface area contributed by atoms with Gasteiger partial charge < -0.3 is 4.74 Å². The molecule has 0 bridgehead atoms. The monoisotopic (exact) mass is 294 g/mol. The van der Waals surface area contributed by atoms with Crippen molar-refractivity contribution in [3.05, 3.63) is 59.4 Å². The fourth-order valence-corrected chi connectivity index (χ4v) is 1.89. The van der Waals surface area contributed by atoms with Crippen LogP contribution in [0.15, 0.2) is 42.5 Å². The summed E-state index contributed by atoms with van der Waals surface area (Å²) < 4.78 is 56.8. The van der Waals surface area contributed by atoms with Crippen molar-refractivity contribution in [2.45, 2.75) is 12.6 Å². The van der Waals surface area contributed by atoms with Crippen molar-refractivity contribution in [1.29, 1.82) is 0 Å². The van der Waals surface area contributed by atoms with Gasteiger partial charge in [0, 0.05) is 12.5 Å². The summed E-state index contributed by atoms with van der Waals surface area (Å²) in [4.78, 5) is 0. The molecule has 0 N–H and O–H groups in total. The van der Waals surface area contributed by atoms with Crippen LogP contribution in [0, 0.1) is 5.82 Å². The van der Waals surface area contributed by atoms with Crippen molar-refractivity contribution in [2.24, 2.45) is 0 Å². The molecule has 0 fully saturated rings. The van der Waals surface area contributed by atoms with Crippen LogP contribution in [0.2, 0.25) is 0 Å². The van der Waals surface area contributed by atoms with Gasteiger partial charge in [0.05, 0.1) is 12.2 Å². The van der Waals surface area contributed by atoms with E-state index in [-0.39, 0.29) is 29.8 Å². The van der Waals surface area contributed by atoms with Crippen LogP contribution in [0.3, 0.4) is 0 Å². The minimum absolute atomic E-state index is 0.00947. The zero-order valence-corrected chi connectivity index (χ0v) is 11.0. The maximum Gasteiger partial charge on any atom is 0.416 e. The Bertz CT molecular complexity index is 625. The van der Waals surface area contributed by atoms with Gasteiger partial charge >= 0.3 is 6.18 Å². The number of ether oxygens (including phenoxy) is 1. The molecule has 0 spiro atoms. The Balaban J connectivity index is 2.02. The van der Waals surface area contributed by atoms with Gasteiger partial charge in [-0.15, -0.1) is 0 Å². The Morgan fingerprint density at radius 2 is 1.76 bits per heavy atom. The Morgan fingerprint density at radius 3 is 2.43 bits per heavy atom. The molecule has 2 rings (SSSR count). The summed E-state index contributed by atoms with van der Waals surface area (Å²) >= 11 is 0. The molecule has 2 radical (unpaired) electrons. The lowest BCUT2D eigenvalue weighted by Gasteiger charge is -2.13. The second-order valence-corrected chi connectivity index (χ2v) is 4.44. The Labute approximate surface area is 121 Å². The van der Waals surface area contributed by atoms with Crippen molar-refractivity contribution in [3.8, 4) is 5.75 Å². The summed E-state index contributed by atoms with van der Waals surface area (Å²) in [7, 11) is 5.32. The van der Waals surface area contributed by atoms with E-state index in [1.54, 1.807) is 0 Å². The zero-order valence-electron chi connectivity index (χ0n) is 11.0. The average Bonchev–Trinajstić information content (AvgIpc) is 2.42. The molecular formula is C15H11BF4O. The Kier molecular flexibility index (Phi) is 4.55. The van der Waals surface area contributed by atoms with Crippen LogP contribution in [0.4, 0.5) is 17.6 Å². The molecule has 108 valence electrons. The zero-order chi connectivity index (χ0) is 15.5. The van der Waals surface area contributed by atoms with Gasteiger partial charge in [0.2, 0.25) is 0 Å². The van der Waals surface area contributed by atoms with Gasteiger partial charge in [-0.25, -0.2) is 4.39 Å². The summed E-state index contributed by atoms with van der Waals surface area (Å²) in [6, 6.07) is 9.21. The lowest BCUT2D eigenvalue weighted by atomic mass is 9.96. The van der Waals surface area contributed by atoms with E-state index in [9.17, 15) is 17.6 Å². The van der Waals surface area contributed by atoms with Crippen LogP contribution >= 0.6 is 0 Å². The molecule has 0 atom stereocenters. The van der Waals surface area contributed by atoms with Crippen molar-refractivity contribution in [1.82, 2.24) is 0 Å². The molecule has 0 saturated heterocycles. The van der Waals surface area contributed by atoms with Crippen molar-refractivity contribution < 1.29 is 22.3 Å². The summed E-state index contributed by atoms with van der Waals surface area (Å²) in [5, 5.41) is 0. The highest BCUT2D eigenvalue weighted by atomic mass is 19.4. The highest BCUT2D eigenvalue weighted by Crippen LogP contribution is 2.32. The first-order valence-electron chi connectivity index (χ1n) is 6.21. The maximum atomic E-state index is 13.2. The first-order chi connectivity index (χ1) is 9.88. The minimum atomic E-state index is -4.40. The van der Waals surface area contributed by atoms with Gasteiger partial charge in [0.25, 0.3) is 0 Å². The molecule has 0 saturated carbocycles. The number of rotatable bonds is 4. The van der Waals surface area contributed by atoms with Crippen LogP contribution < -0.4 is 10.2 Å². The highest BCUT2D eigenvalue weighted by molar-refractivity contribution is 6.32. The Morgan fingerprint density at radius 1 is 1.05 bits per heavy atom. The SMILES string of the molecule is [B]c1ccc(OCCc2ccccc2C(F)(F)F)cc1F. The molecule has 0 aromatic heterocycles. The van der Waals surface area contributed by atoms with Gasteiger partial charge in [-0.2, -0.15) is 13.2 Å². The van der Waals surface area contributed by atoms with E-state index in [4.69, 9.17) is 12.6 Å². The normalized spacial score (nSPS) is 11.4. The first kappa shape index (κ1) is 15.4. The molecule has 0 aliphatic carbocycles. The van der Waals surface area contributed by atoms with E-state index in [1.807, 2.05) is 0 Å². The second kappa shape index (κ2) is 6.20. The highest BCUT2D eigenvalue weighted by Gasteiger charge is 2.32. The van der Waals surface area contributed by atoms with Crippen LogP contribution in [0.1, 0.15) is 11.1 Å². The van der Waals surface area contributed by atoms with E-state index in [1.165, 1.54) is 30.3 Å². The Hall–Kier alpha value is -1.98. The summed E-state index contributed by atoms with van der Waals surface area (Å²) in [5.41, 5.74) is -0.553. The third kappa shape index (κ3) is 4.00. The van der Waals surface area contributed by atoms with Gasteiger partial charge in [0.15, 0.2) is 0 Å². The standard InChI is InChI=1S/C15H11BF4O/c16-13-6-5-11(9-14(13)17)21-8-7-10-3-1-2-4-12(10)15(18,19)20/h1-6,9H,7-8H2. The van der Waals surface area contributed by atoms with Gasteiger partial charge in [-0.3, -0.25) is 0 Å². The summed E-state index contributed by atoms with van der Waals surface area (Å²) in [6.45, 7) is 0.0104. The van der Waals surface area contributed by atoms with Crippen LogP contribution in [0.25, 0.3) is 0 Å². The predicted octanol–water partition coefficient (Wildman–Crippen LogP) is 3.26. The van der Waals surface area contributed by atoms with Crippen molar-refractivity contribution in [3.63, 3.8) is 0 Å². The van der Waals surface area contributed by atoms with E-state index >= 15 is 0 Å². The fourth-order valence-electron chi connectivity index (χ4n) is 1.89. The van der Waals surface area contributed by atoms with Crippen LogP contribution in [-0.4, -0.2) is 14.5 Å². The molecule has 6 heteroatoms. The van der Waals surface area contributed by atoms with Gasteiger partial charge in [-0.05, 0) is 17.7 Å². The van der Waals surface area contributed by atoms with E-state index in [0.717, 1.165) is 12.1 Å². The molecule has 21 heavy (non-hydrogen) atoms. The topological polar surface area (TPSA) is 9.23 Å². The molecule has 0 amide bonds. The first-order valence-corrected chi connectivity index (χ1v) is 6.21. The van der Waals surface area contributed by atoms with E-state index < -0.39 is 17.6 Å². The smallest absolute Gasteiger partial charge is 0.416 e. The maximum absolute atomic E-state index is 13.2. The molecule has 0 heterocycles. The summed E-state index contributed by atoms with van der Waals surface area (Å²) in [5.74, 6) is -0.394. The second-order valence-electron chi connectivity index (χ2n) is 4.44.